The van der Waals surface area contributed by atoms with Gasteiger partial charge in [-0.25, -0.2) is 0 Å². The Balaban J connectivity index is 1.65. The molecule has 2 aromatic rings. The SMILES string of the molecule is Cc1ccc(O)c(NC(=O)CN2C(=O)c3ccccc3N3C(=O)CC[C@@]23C)c1. The second-order valence-corrected chi connectivity index (χ2v) is 7.42. The first-order valence-electron chi connectivity index (χ1n) is 9.15. The Morgan fingerprint density at radius 3 is 2.75 bits per heavy atom. The highest BCUT2D eigenvalue weighted by Gasteiger charge is 2.53. The molecule has 2 heterocycles. The molecule has 1 fully saturated rings. The van der Waals surface area contributed by atoms with Gasteiger partial charge in [-0.05, 0) is 50.1 Å². The molecule has 0 unspecified atom stereocenters. The van der Waals surface area contributed by atoms with Gasteiger partial charge in [0.15, 0.2) is 0 Å². The minimum Gasteiger partial charge on any atom is -0.506 e. The Labute approximate surface area is 162 Å². The van der Waals surface area contributed by atoms with Gasteiger partial charge in [0, 0.05) is 6.42 Å². The summed E-state index contributed by atoms with van der Waals surface area (Å²) in [6, 6.07) is 11.9. The summed E-state index contributed by atoms with van der Waals surface area (Å²) >= 11 is 0. The second-order valence-electron chi connectivity index (χ2n) is 7.42. The zero-order chi connectivity index (χ0) is 20.1. The van der Waals surface area contributed by atoms with E-state index in [1.165, 1.54) is 11.0 Å². The molecule has 7 heteroatoms. The smallest absolute Gasteiger partial charge is 0.258 e. The molecule has 4 rings (SSSR count). The van der Waals surface area contributed by atoms with Crippen molar-refractivity contribution in [2.75, 3.05) is 16.8 Å². The van der Waals surface area contributed by atoms with Crippen molar-refractivity contribution < 1.29 is 19.5 Å². The van der Waals surface area contributed by atoms with Crippen molar-refractivity contribution in [3.8, 4) is 5.75 Å². The minimum absolute atomic E-state index is 0.0434. The highest BCUT2D eigenvalue weighted by molar-refractivity contribution is 6.11. The molecule has 144 valence electrons. The van der Waals surface area contributed by atoms with Crippen LogP contribution in [0.1, 0.15) is 35.7 Å². The van der Waals surface area contributed by atoms with Gasteiger partial charge in [-0.3, -0.25) is 19.3 Å². The van der Waals surface area contributed by atoms with Gasteiger partial charge in [0.25, 0.3) is 5.91 Å². The highest BCUT2D eigenvalue weighted by Crippen LogP contribution is 2.43. The largest absolute Gasteiger partial charge is 0.506 e. The quantitative estimate of drug-likeness (QED) is 0.803. The summed E-state index contributed by atoms with van der Waals surface area (Å²) in [6.45, 7) is 3.44. The zero-order valence-corrected chi connectivity index (χ0v) is 15.7. The average Bonchev–Trinajstić information content (AvgIpc) is 2.97. The normalized spacial score (nSPS) is 20.8. The number of aryl methyl sites for hydroxylation is 1. The van der Waals surface area contributed by atoms with Crippen molar-refractivity contribution in [1.82, 2.24) is 4.90 Å². The monoisotopic (exact) mass is 379 g/mol. The maximum Gasteiger partial charge on any atom is 0.258 e. The predicted octanol–water partition coefficient (Wildman–Crippen LogP) is 2.64. The summed E-state index contributed by atoms with van der Waals surface area (Å²) < 4.78 is 0. The molecular formula is C21H21N3O4. The number of rotatable bonds is 3. The molecule has 1 atom stereocenters. The number of phenolic OH excluding ortho intramolecular Hbond substituents is 1. The van der Waals surface area contributed by atoms with Crippen LogP contribution in [0.2, 0.25) is 0 Å². The molecular weight excluding hydrogens is 358 g/mol. The van der Waals surface area contributed by atoms with Gasteiger partial charge in [0.1, 0.15) is 18.0 Å². The molecule has 0 bridgehead atoms. The first-order valence-corrected chi connectivity index (χ1v) is 9.15. The van der Waals surface area contributed by atoms with Gasteiger partial charge in [-0.1, -0.05) is 18.2 Å². The van der Waals surface area contributed by atoms with Gasteiger partial charge in [0.2, 0.25) is 11.8 Å². The van der Waals surface area contributed by atoms with Gasteiger partial charge in [-0.15, -0.1) is 0 Å². The lowest BCUT2D eigenvalue weighted by molar-refractivity contribution is -0.120. The second kappa shape index (κ2) is 6.37. The zero-order valence-electron chi connectivity index (χ0n) is 15.7. The van der Waals surface area contributed by atoms with Gasteiger partial charge < -0.3 is 15.3 Å². The fourth-order valence-corrected chi connectivity index (χ4v) is 4.02. The molecule has 2 aliphatic rings. The number of phenols is 1. The van der Waals surface area contributed by atoms with Crippen LogP contribution in [-0.4, -0.2) is 39.9 Å². The molecule has 7 nitrogen and oxygen atoms in total. The third-order valence-corrected chi connectivity index (χ3v) is 5.47. The Morgan fingerprint density at radius 1 is 1.21 bits per heavy atom. The summed E-state index contributed by atoms with van der Waals surface area (Å²) in [5.74, 6) is -0.829. The van der Waals surface area contributed by atoms with Gasteiger partial charge >= 0.3 is 0 Å². The number of fused-ring (bicyclic) bond motifs is 3. The Bertz CT molecular complexity index is 1000. The van der Waals surface area contributed by atoms with Crippen LogP contribution in [0.4, 0.5) is 11.4 Å². The number of para-hydroxylation sites is 1. The van der Waals surface area contributed by atoms with Crippen LogP contribution in [-0.2, 0) is 9.59 Å². The molecule has 2 aromatic carbocycles. The summed E-state index contributed by atoms with van der Waals surface area (Å²) in [4.78, 5) is 41.4. The van der Waals surface area contributed by atoms with Crippen molar-refractivity contribution in [2.45, 2.75) is 32.4 Å². The number of carbonyl (C=O) groups excluding carboxylic acids is 3. The Kier molecular flexibility index (Phi) is 4.10. The lowest BCUT2D eigenvalue weighted by Gasteiger charge is -2.48. The fourth-order valence-electron chi connectivity index (χ4n) is 4.02. The number of nitrogens with one attached hydrogen (secondary N) is 1. The van der Waals surface area contributed by atoms with Crippen LogP contribution in [0.25, 0.3) is 0 Å². The van der Waals surface area contributed by atoms with Crippen LogP contribution in [0.15, 0.2) is 42.5 Å². The van der Waals surface area contributed by atoms with E-state index in [1.807, 2.05) is 13.8 Å². The molecule has 2 N–H and O–H groups in total. The number of amides is 3. The number of anilines is 2. The summed E-state index contributed by atoms with van der Waals surface area (Å²) in [7, 11) is 0. The molecule has 0 aliphatic carbocycles. The number of benzene rings is 2. The molecule has 0 aromatic heterocycles. The minimum atomic E-state index is -0.894. The molecule has 3 amide bonds. The number of carbonyl (C=O) groups is 3. The third-order valence-electron chi connectivity index (χ3n) is 5.47. The van der Waals surface area contributed by atoms with Crippen LogP contribution >= 0.6 is 0 Å². The molecule has 1 saturated heterocycles. The first kappa shape index (κ1) is 18.0. The van der Waals surface area contributed by atoms with E-state index in [2.05, 4.69) is 5.32 Å². The van der Waals surface area contributed by atoms with Crippen molar-refractivity contribution >= 4 is 29.1 Å². The maximum atomic E-state index is 13.1. The molecule has 0 radical (unpaired) electrons. The third kappa shape index (κ3) is 2.70. The number of hydrogen-bond acceptors (Lipinski definition) is 4. The molecule has 28 heavy (non-hydrogen) atoms. The topological polar surface area (TPSA) is 89.9 Å². The summed E-state index contributed by atoms with van der Waals surface area (Å²) in [6.07, 6.45) is 0.768. The highest BCUT2D eigenvalue weighted by atomic mass is 16.3. The van der Waals surface area contributed by atoms with E-state index in [-0.39, 0.29) is 24.1 Å². The van der Waals surface area contributed by atoms with Crippen LogP contribution in [0, 0.1) is 6.92 Å². The van der Waals surface area contributed by atoms with E-state index in [0.29, 0.717) is 29.8 Å². The van der Waals surface area contributed by atoms with Crippen LogP contribution < -0.4 is 10.2 Å². The van der Waals surface area contributed by atoms with Crippen molar-refractivity contribution in [3.05, 3.63) is 53.6 Å². The standard InChI is InChI=1S/C21H21N3O4/c1-13-7-8-17(25)15(11-13)22-18(26)12-23-20(28)14-5-3-4-6-16(14)24-19(27)9-10-21(23,24)2/h3-8,11,25H,9-10,12H2,1-2H3,(H,22,26)/t21-/m0/s1. The Hall–Kier alpha value is -3.35. The lowest BCUT2D eigenvalue weighted by Crippen LogP contribution is -2.63. The van der Waals surface area contributed by atoms with Gasteiger partial charge in [-0.2, -0.15) is 0 Å². The predicted molar refractivity (Wildman–Crippen MR) is 104 cm³/mol. The lowest BCUT2D eigenvalue weighted by atomic mass is 9.98. The van der Waals surface area contributed by atoms with Crippen LogP contribution in [0.3, 0.4) is 0 Å². The van der Waals surface area contributed by atoms with E-state index in [0.717, 1.165) is 5.56 Å². The first-order chi connectivity index (χ1) is 13.3. The molecule has 0 spiro atoms. The number of nitrogens with zero attached hydrogens (tertiary/aromatic N) is 2. The summed E-state index contributed by atoms with van der Waals surface area (Å²) in [5, 5.41) is 12.6. The average molecular weight is 379 g/mol. The van der Waals surface area contributed by atoms with E-state index in [9.17, 15) is 19.5 Å². The van der Waals surface area contributed by atoms with E-state index in [4.69, 9.17) is 0 Å². The van der Waals surface area contributed by atoms with Crippen LogP contribution in [0.5, 0.6) is 5.75 Å². The number of hydrogen-bond donors (Lipinski definition) is 2. The van der Waals surface area contributed by atoms with E-state index >= 15 is 0 Å². The maximum absolute atomic E-state index is 13.1. The number of aromatic hydroxyl groups is 1. The fraction of sp³-hybridized carbons (Fsp3) is 0.286. The van der Waals surface area contributed by atoms with E-state index < -0.39 is 11.6 Å². The molecule has 0 saturated carbocycles. The summed E-state index contributed by atoms with van der Waals surface area (Å²) in [5.41, 5.74) is 1.27. The Morgan fingerprint density at radius 2 is 1.96 bits per heavy atom. The van der Waals surface area contributed by atoms with Crippen molar-refractivity contribution in [1.29, 1.82) is 0 Å². The van der Waals surface area contributed by atoms with E-state index in [1.54, 1.807) is 41.3 Å². The molecule has 2 aliphatic heterocycles. The van der Waals surface area contributed by atoms with Crippen molar-refractivity contribution in [2.24, 2.45) is 0 Å². The van der Waals surface area contributed by atoms with Gasteiger partial charge in [0.05, 0.1) is 16.9 Å². The van der Waals surface area contributed by atoms with Crippen molar-refractivity contribution in [3.63, 3.8) is 0 Å².